The number of amides is 1. The third-order valence-corrected chi connectivity index (χ3v) is 4.96. The summed E-state index contributed by atoms with van der Waals surface area (Å²) >= 11 is 0. The zero-order valence-electron chi connectivity index (χ0n) is 17.5. The van der Waals surface area contributed by atoms with Crippen LogP contribution in [0, 0.1) is 12.7 Å². The number of para-hydroxylation sites is 1. The van der Waals surface area contributed by atoms with E-state index in [2.05, 4.69) is 10.4 Å². The Hall–Kier alpha value is -4.26. The van der Waals surface area contributed by atoms with E-state index in [4.69, 9.17) is 4.74 Å². The largest absolute Gasteiger partial charge is 0.497 e. The Kier molecular flexibility index (Phi) is 5.81. The summed E-state index contributed by atoms with van der Waals surface area (Å²) in [6, 6.07) is 21.7. The molecule has 0 radical (unpaired) electrons. The van der Waals surface area contributed by atoms with E-state index in [-0.39, 0.29) is 28.1 Å². The number of hydrogen-bond acceptors (Lipinski definition) is 4. The van der Waals surface area contributed by atoms with Gasteiger partial charge >= 0.3 is 0 Å². The number of nitrogens with zero attached hydrogens (tertiary/aromatic N) is 2. The Morgan fingerprint density at radius 3 is 2.44 bits per heavy atom. The fourth-order valence-corrected chi connectivity index (χ4v) is 3.38. The van der Waals surface area contributed by atoms with Crippen LogP contribution in [0.25, 0.3) is 16.8 Å². The number of rotatable bonds is 5. The predicted molar refractivity (Wildman–Crippen MR) is 121 cm³/mol. The van der Waals surface area contributed by atoms with Crippen LogP contribution in [0.1, 0.15) is 16.1 Å². The van der Waals surface area contributed by atoms with Gasteiger partial charge in [-0.3, -0.25) is 9.59 Å². The molecule has 1 N–H and O–H groups in total. The van der Waals surface area contributed by atoms with Gasteiger partial charge in [0.05, 0.1) is 23.9 Å². The van der Waals surface area contributed by atoms with Crippen molar-refractivity contribution in [2.24, 2.45) is 0 Å². The first kappa shape index (κ1) is 21.0. The smallest absolute Gasteiger partial charge is 0.259 e. The summed E-state index contributed by atoms with van der Waals surface area (Å²) in [4.78, 5) is 26.2. The lowest BCUT2D eigenvalue weighted by Gasteiger charge is -2.18. The van der Waals surface area contributed by atoms with Crippen LogP contribution >= 0.6 is 0 Å². The molecule has 6 nitrogen and oxygen atoms in total. The second-order valence-corrected chi connectivity index (χ2v) is 7.05. The Morgan fingerprint density at radius 2 is 1.72 bits per heavy atom. The van der Waals surface area contributed by atoms with Crippen LogP contribution in [0.5, 0.6) is 5.75 Å². The first-order valence-corrected chi connectivity index (χ1v) is 9.89. The van der Waals surface area contributed by atoms with Crippen molar-refractivity contribution in [2.45, 2.75) is 6.92 Å². The highest BCUT2D eigenvalue weighted by molar-refractivity contribution is 6.06. The van der Waals surface area contributed by atoms with E-state index >= 15 is 0 Å². The third-order valence-electron chi connectivity index (χ3n) is 4.96. The van der Waals surface area contributed by atoms with Gasteiger partial charge in [-0.15, -0.1) is 0 Å². The van der Waals surface area contributed by atoms with Crippen LogP contribution < -0.4 is 15.5 Å². The maximum absolute atomic E-state index is 14.3. The topological polar surface area (TPSA) is 73.2 Å². The molecule has 1 heterocycles. The first-order chi connectivity index (χ1) is 15.5. The van der Waals surface area contributed by atoms with Crippen LogP contribution in [-0.2, 0) is 0 Å². The molecule has 0 aliphatic carbocycles. The van der Waals surface area contributed by atoms with Gasteiger partial charge in [0, 0.05) is 0 Å². The number of methoxy groups -OCH3 is 1. The first-order valence-electron chi connectivity index (χ1n) is 9.89. The highest BCUT2D eigenvalue weighted by Crippen LogP contribution is 2.30. The Morgan fingerprint density at radius 1 is 1.00 bits per heavy atom. The number of anilines is 1. The average Bonchev–Trinajstić information content (AvgIpc) is 2.82. The normalized spacial score (nSPS) is 10.6. The molecule has 0 saturated carbocycles. The number of ether oxygens (including phenoxy) is 1. The molecule has 160 valence electrons. The molecule has 0 bridgehead atoms. The molecule has 0 aliphatic heterocycles. The predicted octanol–water partition coefficient (Wildman–Crippen LogP) is 4.61. The molecule has 0 saturated heterocycles. The van der Waals surface area contributed by atoms with Crippen molar-refractivity contribution in [3.05, 3.63) is 106 Å². The number of hydrogen-bond donors (Lipinski definition) is 1. The summed E-state index contributed by atoms with van der Waals surface area (Å²) in [5, 5.41) is 7.12. The summed E-state index contributed by atoms with van der Waals surface area (Å²) in [5.41, 5.74) is 1.14. The van der Waals surface area contributed by atoms with E-state index in [9.17, 15) is 14.0 Å². The van der Waals surface area contributed by atoms with E-state index in [0.29, 0.717) is 17.0 Å². The van der Waals surface area contributed by atoms with Crippen LogP contribution in [0.15, 0.2) is 83.7 Å². The van der Waals surface area contributed by atoms with Gasteiger partial charge in [0.1, 0.15) is 23.1 Å². The van der Waals surface area contributed by atoms with Gasteiger partial charge in [0.15, 0.2) is 0 Å². The quantitative estimate of drug-likeness (QED) is 0.503. The van der Waals surface area contributed by atoms with E-state index in [1.54, 1.807) is 49.4 Å². The lowest BCUT2D eigenvalue weighted by molar-refractivity contribution is 0.102. The molecule has 3 aromatic carbocycles. The van der Waals surface area contributed by atoms with Gasteiger partial charge < -0.3 is 10.1 Å². The van der Waals surface area contributed by atoms with Gasteiger partial charge in [0.25, 0.3) is 5.91 Å². The molecule has 4 aromatic rings. The molecule has 0 spiro atoms. The molecule has 0 fully saturated rings. The Labute approximate surface area is 183 Å². The Bertz CT molecular complexity index is 1350. The molecular weight excluding hydrogens is 409 g/mol. The molecule has 0 atom stereocenters. The summed E-state index contributed by atoms with van der Waals surface area (Å²) in [7, 11) is 1.53. The summed E-state index contributed by atoms with van der Waals surface area (Å²) in [6.45, 7) is 1.61. The second-order valence-electron chi connectivity index (χ2n) is 7.05. The molecular formula is C25H20FN3O3. The summed E-state index contributed by atoms with van der Waals surface area (Å²) < 4.78 is 21.1. The highest BCUT2D eigenvalue weighted by atomic mass is 19.1. The lowest BCUT2D eigenvalue weighted by Crippen LogP contribution is -2.25. The average molecular weight is 429 g/mol. The van der Waals surface area contributed by atoms with Crippen molar-refractivity contribution in [3.8, 4) is 22.6 Å². The number of nitrogens with one attached hydrogen (secondary N) is 1. The zero-order valence-corrected chi connectivity index (χ0v) is 17.5. The van der Waals surface area contributed by atoms with E-state index in [0.717, 1.165) is 0 Å². The van der Waals surface area contributed by atoms with Crippen molar-refractivity contribution in [1.29, 1.82) is 0 Å². The van der Waals surface area contributed by atoms with Crippen molar-refractivity contribution in [1.82, 2.24) is 9.78 Å². The monoisotopic (exact) mass is 429 g/mol. The maximum Gasteiger partial charge on any atom is 0.259 e. The van der Waals surface area contributed by atoms with Gasteiger partial charge in [-0.1, -0.05) is 42.5 Å². The molecule has 0 unspecified atom stereocenters. The highest BCUT2D eigenvalue weighted by Gasteiger charge is 2.22. The molecule has 4 rings (SSSR count). The van der Waals surface area contributed by atoms with Crippen molar-refractivity contribution < 1.29 is 13.9 Å². The van der Waals surface area contributed by atoms with Gasteiger partial charge in [-0.05, 0) is 48.9 Å². The summed E-state index contributed by atoms with van der Waals surface area (Å²) in [5.74, 6) is -0.675. The second kappa shape index (κ2) is 8.85. The van der Waals surface area contributed by atoms with Crippen molar-refractivity contribution in [3.63, 3.8) is 0 Å². The van der Waals surface area contributed by atoms with Crippen molar-refractivity contribution in [2.75, 3.05) is 12.4 Å². The minimum Gasteiger partial charge on any atom is -0.497 e. The van der Waals surface area contributed by atoms with Crippen LogP contribution in [-0.4, -0.2) is 22.8 Å². The minimum absolute atomic E-state index is 0.133. The number of aromatic nitrogens is 2. The molecule has 1 aromatic heterocycles. The van der Waals surface area contributed by atoms with Crippen LogP contribution in [0.3, 0.4) is 0 Å². The fraction of sp³-hybridized carbons (Fsp3) is 0.0800. The summed E-state index contributed by atoms with van der Waals surface area (Å²) in [6.07, 6.45) is 0. The van der Waals surface area contributed by atoms with Gasteiger partial charge in [-0.2, -0.15) is 5.10 Å². The fourth-order valence-electron chi connectivity index (χ4n) is 3.38. The van der Waals surface area contributed by atoms with Gasteiger partial charge in [0.2, 0.25) is 5.43 Å². The molecule has 32 heavy (non-hydrogen) atoms. The maximum atomic E-state index is 14.3. The molecule has 1 amide bonds. The lowest BCUT2D eigenvalue weighted by atomic mass is 10.0. The van der Waals surface area contributed by atoms with Crippen LogP contribution in [0.4, 0.5) is 10.2 Å². The zero-order chi connectivity index (χ0) is 22.7. The standard InChI is InChI=1S/C25H20FN3O3/c1-16-23(30)22(17-9-8-12-19(15-17)32-2)24(29(28-16)18-10-4-3-5-11-18)27-25(31)20-13-6-7-14-21(20)26/h3-15H,1-2H3,(H,27,31). The third kappa shape index (κ3) is 4.00. The SMILES string of the molecule is COc1cccc(-c2c(NC(=O)c3ccccc3F)n(-c3ccccc3)nc(C)c2=O)c1. The molecule has 7 heteroatoms. The number of aryl methyl sites for hydroxylation is 1. The number of carbonyl (C=O) groups is 1. The van der Waals surface area contributed by atoms with E-state index < -0.39 is 11.7 Å². The Balaban J connectivity index is 1.98. The number of halogens is 1. The van der Waals surface area contributed by atoms with Crippen LogP contribution in [0.2, 0.25) is 0 Å². The van der Waals surface area contributed by atoms with E-state index in [1.807, 2.05) is 18.2 Å². The molecule has 0 aliphatic rings. The van der Waals surface area contributed by atoms with Gasteiger partial charge in [-0.25, -0.2) is 9.07 Å². The minimum atomic E-state index is -0.693. The van der Waals surface area contributed by atoms with E-state index in [1.165, 1.54) is 30.0 Å². The number of benzene rings is 3. The van der Waals surface area contributed by atoms with Crippen molar-refractivity contribution >= 4 is 11.7 Å². The number of carbonyl (C=O) groups excluding carboxylic acids is 1.